The minimum Gasteiger partial charge on any atom is -0.469 e. The van der Waals surface area contributed by atoms with Gasteiger partial charge in [-0.3, -0.25) is 24.2 Å². The lowest BCUT2D eigenvalue weighted by molar-refractivity contribution is -0.164. The molecule has 9 nitrogen and oxygen atoms in total. The number of thioether (sulfide) groups is 2. The van der Waals surface area contributed by atoms with E-state index in [9.17, 15) is 19.2 Å². The van der Waals surface area contributed by atoms with Gasteiger partial charge in [0.05, 0.1) is 40.2 Å². The van der Waals surface area contributed by atoms with Gasteiger partial charge in [0.1, 0.15) is 9.07 Å². The molecule has 3 saturated heterocycles. The number of thiocarbonyl (C=S) groups is 1. The van der Waals surface area contributed by atoms with E-state index < -0.39 is 52.5 Å². The van der Waals surface area contributed by atoms with Crippen molar-refractivity contribution < 1.29 is 33.4 Å². The number of ether oxygens (including phenoxy) is 3. The van der Waals surface area contributed by atoms with Gasteiger partial charge in [0, 0.05) is 22.7 Å². The minimum absolute atomic E-state index is 0.104. The molecule has 35 heavy (non-hydrogen) atoms. The third-order valence-electron chi connectivity index (χ3n) is 6.74. The molecule has 1 spiro atoms. The van der Waals surface area contributed by atoms with Gasteiger partial charge in [0.25, 0.3) is 0 Å². The first-order valence-corrected chi connectivity index (χ1v) is 13.3. The second-order valence-electron chi connectivity index (χ2n) is 8.26. The van der Waals surface area contributed by atoms with Crippen molar-refractivity contribution in [1.82, 2.24) is 9.80 Å². The highest BCUT2D eigenvalue weighted by Crippen LogP contribution is 2.63. The lowest BCUT2D eigenvalue weighted by Crippen LogP contribution is -2.67. The van der Waals surface area contributed by atoms with Gasteiger partial charge in [-0.1, -0.05) is 47.7 Å². The van der Waals surface area contributed by atoms with Crippen LogP contribution in [0, 0.1) is 5.92 Å². The van der Waals surface area contributed by atoms with Crippen molar-refractivity contribution in [2.24, 2.45) is 5.92 Å². The first-order chi connectivity index (χ1) is 16.7. The smallest absolute Gasteiger partial charge is 0.329 e. The van der Waals surface area contributed by atoms with E-state index in [1.165, 1.54) is 38.0 Å². The van der Waals surface area contributed by atoms with Gasteiger partial charge >= 0.3 is 17.9 Å². The van der Waals surface area contributed by atoms with Gasteiger partial charge in [-0.2, -0.15) is 0 Å². The average Bonchev–Trinajstić information content (AvgIpc) is 3.48. The zero-order valence-electron chi connectivity index (χ0n) is 19.1. The molecule has 3 aliphatic heterocycles. The molecule has 0 aromatic heterocycles. The van der Waals surface area contributed by atoms with Crippen LogP contribution in [0.4, 0.5) is 0 Å². The fourth-order valence-corrected chi connectivity index (χ4v) is 8.78. The Kier molecular flexibility index (Phi) is 7.41. The van der Waals surface area contributed by atoms with E-state index in [0.717, 1.165) is 17.3 Å². The zero-order valence-corrected chi connectivity index (χ0v) is 22.4. The van der Waals surface area contributed by atoms with Crippen LogP contribution >= 0.6 is 47.3 Å². The number of rotatable bonds is 6. The third kappa shape index (κ3) is 3.85. The monoisotopic (exact) mass is 558 g/mol. The zero-order chi connectivity index (χ0) is 25.5. The largest absolute Gasteiger partial charge is 0.469 e. The molecule has 1 aromatic carbocycles. The van der Waals surface area contributed by atoms with Crippen molar-refractivity contribution in [2.75, 3.05) is 33.0 Å². The highest BCUT2D eigenvalue weighted by Gasteiger charge is 2.82. The fourth-order valence-electron chi connectivity index (χ4n) is 5.23. The lowest BCUT2D eigenvalue weighted by atomic mass is 9.74. The number of carbonyl (C=O) groups is 4. The average molecular weight is 559 g/mol. The first kappa shape index (κ1) is 26.2. The van der Waals surface area contributed by atoms with E-state index in [-0.39, 0.29) is 10.9 Å². The molecule has 4 atom stereocenters. The van der Waals surface area contributed by atoms with Crippen molar-refractivity contribution >= 4 is 75.5 Å². The molecule has 0 bridgehead atoms. The predicted molar refractivity (Wildman–Crippen MR) is 135 cm³/mol. The van der Waals surface area contributed by atoms with Gasteiger partial charge in [-0.25, -0.2) is 4.79 Å². The summed E-state index contributed by atoms with van der Waals surface area (Å²) in [6, 6.07) is 6.36. The molecule has 1 aromatic rings. The second-order valence-corrected chi connectivity index (χ2v) is 11.6. The number of nitrogens with zero attached hydrogens (tertiary/aromatic N) is 2. The van der Waals surface area contributed by atoms with Gasteiger partial charge in [0.15, 0.2) is 5.54 Å². The number of hydrogen-bond acceptors (Lipinski definition) is 11. The van der Waals surface area contributed by atoms with Gasteiger partial charge in [-0.15, -0.1) is 11.8 Å². The van der Waals surface area contributed by atoms with Crippen LogP contribution in [0.25, 0.3) is 0 Å². The van der Waals surface area contributed by atoms with Crippen LogP contribution in [0.5, 0.6) is 0 Å². The summed E-state index contributed by atoms with van der Waals surface area (Å²) in [4.78, 5) is 57.0. The topological polar surface area (TPSA) is 102 Å². The van der Waals surface area contributed by atoms with Crippen molar-refractivity contribution in [3.05, 3.63) is 34.9 Å². The van der Waals surface area contributed by atoms with Gasteiger partial charge in [-0.05, 0) is 17.7 Å². The number of hydrogen-bond donors (Lipinski definition) is 0. The van der Waals surface area contributed by atoms with Crippen LogP contribution in [0.3, 0.4) is 0 Å². The number of fused-ring (bicyclic) bond motifs is 1. The Bertz CT molecular complexity index is 1090. The maximum absolute atomic E-state index is 14.4. The molecule has 4 rings (SSSR count). The summed E-state index contributed by atoms with van der Waals surface area (Å²) >= 11 is 14.1. The van der Waals surface area contributed by atoms with E-state index in [2.05, 4.69) is 0 Å². The lowest BCUT2D eigenvalue weighted by Gasteiger charge is -2.42. The molecule has 3 aliphatic rings. The molecule has 0 aliphatic carbocycles. The maximum Gasteiger partial charge on any atom is 0.329 e. The van der Waals surface area contributed by atoms with Crippen LogP contribution in [-0.2, 0) is 39.9 Å². The molecule has 4 unspecified atom stereocenters. The Hall–Kier alpha value is -1.86. The molecular weight excluding hydrogens is 536 g/mol. The van der Waals surface area contributed by atoms with E-state index >= 15 is 0 Å². The Morgan fingerprint density at radius 3 is 2.43 bits per heavy atom. The Morgan fingerprint density at radius 2 is 1.83 bits per heavy atom. The maximum atomic E-state index is 14.4. The minimum atomic E-state index is -1.83. The Labute approximate surface area is 221 Å². The second kappa shape index (κ2) is 9.89. The molecule has 0 radical (unpaired) electrons. The number of benzene rings is 1. The summed E-state index contributed by atoms with van der Waals surface area (Å²) in [6.07, 6.45) is -0.489. The van der Waals surface area contributed by atoms with Crippen molar-refractivity contribution in [3.63, 3.8) is 0 Å². The van der Waals surface area contributed by atoms with Crippen LogP contribution in [0.15, 0.2) is 24.3 Å². The summed E-state index contributed by atoms with van der Waals surface area (Å²) in [5, 5.41) is 0.539. The molecule has 0 N–H and O–H groups in total. The summed E-state index contributed by atoms with van der Waals surface area (Å²) in [7, 11) is 3.62. The van der Waals surface area contributed by atoms with Crippen molar-refractivity contribution in [3.8, 4) is 0 Å². The van der Waals surface area contributed by atoms with Crippen LogP contribution in [0.2, 0.25) is 5.02 Å². The molecule has 3 fully saturated rings. The molecule has 3 heterocycles. The Balaban J connectivity index is 1.91. The summed E-state index contributed by atoms with van der Waals surface area (Å²) in [5.41, 5.74) is -1.08. The number of esters is 3. The number of carbonyl (C=O) groups excluding carboxylic acids is 4. The van der Waals surface area contributed by atoms with Gasteiger partial charge in [0.2, 0.25) is 5.91 Å². The summed E-state index contributed by atoms with van der Waals surface area (Å²) in [6.45, 7) is 0.104. The van der Waals surface area contributed by atoms with E-state index in [1.807, 2.05) is 0 Å². The fraction of sp³-hybridized carbons (Fsp3) is 0.500. The van der Waals surface area contributed by atoms with Crippen LogP contribution in [0.1, 0.15) is 12.0 Å². The first-order valence-electron chi connectivity index (χ1n) is 10.5. The van der Waals surface area contributed by atoms with E-state index in [1.54, 1.807) is 29.2 Å². The summed E-state index contributed by atoms with van der Waals surface area (Å²) < 4.78 is 13.7. The number of methoxy groups -OCH3 is 3. The highest BCUT2D eigenvalue weighted by molar-refractivity contribution is 8.25. The third-order valence-corrected chi connectivity index (χ3v) is 9.98. The van der Waals surface area contributed by atoms with Crippen molar-refractivity contribution in [1.29, 1.82) is 0 Å². The SMILES string of the molecule is COC(=O)CC1(C(=O)OC)N2CSCC2C(C(=O)OC)C12SC(=S)N(Cc1ccc(Cl)cc1)C2=O. The van der Waals surface area contributed by atoms with Crippen molar-refractivity contribution in [2.45, 2.75) is 29.3 Å². The van der Waals surface area contributed by atoms with Gasteiger partial charge < -0.3 is 14.2 Å². The molecule has 13 heteroatoms. The molecular formula is C22H23ClN2O7S3. The van der Waals surface area contributed by atoms with E-state index in [0.29, 0.717) is 16.7 Å². The number of halogens is 1. The van der Waals surface area contributed by atoms with E-state index in [4.69, 9.17) is 38.0 Å². The molecule has 188 valence electrons. The highest BCUT2D eigenvalue weighted by atomic mass is 35.5. The van der Waals surface area contributed by atoms with Crippen LogP contribution < -0.4 is 0 Å². The number of amides is 1. The summed E-state index contributed by atoms with van der Waals surface area (Å²) in [5.74, 6) is -3.04. The standard InChI is InChI=1S/C22H23ClN2O7S3/c1-30-15(26)8-21(19(29)32-3)22(16(17(27)31-2)14-10-34-11-25(14)21)18(28)24(20(33)35-22)9-12-4-6-13(23)7-5-12/h4-7,14,16H,8-11H2,1-3H3. The predicted octanol–water partition coefficient (Wildman–Crippen LogP) is 2.09. The Morgan fingerprint density at radius 1 is 1.14 bits per heavy atom. The molecule has 1 amide bonds. The molecule has 0 saturated carbocycles. The quantitative estimate of drug-likeness (QED) is 0.291. The normalized spacial score (nSPS) is 30.0. The van der Waals surface area contributed by atoms with Crippen LogP contribution in [-0.4, -0.2) is 87.2 Å².